The normalized spacial score (nSPS) is 11.2. The molecule has 156 valence electrons. The van der Waals surface area contributed by atoms with Crippen molar-refractivity contribution >= 4 is 46.2 Å². The van der Waals surface area contributed by atoms with Crippen molar-refractivity contribution in [2.45, 2.75) is 6.54 Å². The lowest BCUT2D eigenvalue weighted by Gasteiger charge is -2.06. The number of methoxy groups -OCH3 is 1. The maximum absolute atomic E-state index is 12.5. The SMILES string of the molecule is COc1ccccc1C(=O)N/N=C\c1cn(Cc2ccc(Cl)c(Cl)c2)c2ccccc12. The Hall–Kier alpha value is -3.28. The summed E-state index contributed by atoms with van der Waals surface area (Å²) >= 11 is 12.2. The Labute approximate surface area is 189 Å². The van der Waals surface area contributed by atoms with Gasteiger partial charge < -0.3 is 9.30 Å². The average molecular weight is 452 g/mol. The first-order chi connectivity index (χ1) is 15.1. The molecule has 1 N–H and O–H groups in total. The van der Waals surface area contributed by atoms with E-state index in [0.717, 1.165) is 22.0 Å². The smallest absolute Gasteiger partial charge is 0.275 e. The van der Waals surface area contributed by atoms with Crippen molar-refractivity contribution in [3.63, 3.8) is 0 Å². The van der Waals surface area contributed by atoms with Gasteiger partial charge in [-0.2, -0.15) is 5.10 Å². The molecule has 0 saturated carbocycles. The first-order valence-corrected chi connectivity index (χ1v) is 10.3. The standard InChI is InChI=1S/C24H19Cl2N3O2/c1-31-23-9-5-3-7-19(23)24(30)28-27-13-17-15-29(22-8-4-2-6-18(17)22)14-16-10-11-20(25)21(26)12-16/h2-13,15H,14H2,1H3,(H,28,30)/b27-13-. The van der Waals surface area contributed by atoms with Crippen LogP contribution in [-0.2, 0) is 6.54 Å². The fourth-order valence-electron chi connectivity index (χ4n) is 3.40. The van der Waals surface area contributed by atoms with E-state index < -0.39 is 0 Å². The summed E-state index contributed by atoms with van der Waals surface area (Å²) in [5.74, 6) is 0.154. The van der Waals surface area contributed by atoms with E-state index in [0.29, 0.717) is 27.9 Å². The Morgan fingerprint density at radius 2 is 1.84 bits per heavy atom. The van der Waals surface area contributed by atoms with Crippen molar-refractivity contribution in [1.29, 1.82) is 0 Å². The molecular weight excluding hydrogens is 433 g/mol. The number of amides is 1. The van der Waals surface area contributed by atoms with Gasteiger partial charge in [-0.25, -0.2) is 5.43 Å². The number of hydrogen-bond acceptors (Lipinski definition) is 3. The van der Waals surface area contributed by atoms with E-state index >= 15 is 0 Å². The molecule has 0 atom stereocenters. The second kappa shape index (κ2) is 9.25. The number of hydrazone groups is 1. The van der Waals surface area contributed by atoms with Gasteiger partial charge in [0.2, 0.25) is 0 Å². The number of halogens is 2. The molecule has 4 aromatic rings. The van der Waals surface area contributed by atoms with Crippen LogP contribution in [0.1, 0.15) is 21.5 Å². The molecule has 4 rings (SSSR count). The highest BCUT2D eigenvalue weighted by atomic mass is 35.5. The third-order valence-corrected chi connectivity index (χ3v) is 5.62. The van der Waals surface area contributed by atoms with Crippen LogP contribution in [0.15, 0.2) is 78.0 Å². The highest BCUT2D eigenvalue weighted by Gasteiger charge is 2.11. The number of fused-ring (bicyclic) bond motifs is 1. The van der Waals surface area contributed by atoms with E-state index in [9.17, 15) is 4.79 Å². The van der Waals surface area contributed by atoms with Crippen molar-refractivity contribution in [3.05, 3.63) is 99.7 Å². The Balaban J connectivity index is 1.58. The van der Waals surface area contributed by atoms with Gasteiger partial charge in [-0.1, -0.05) is 59.6 Å². The van der Waals surface area contributed by atoms with Gasteiger partial charge in [0, 0.05) is 29.2 Å². The largest absolute Gasteiger partial charge is 0.496 e. The van der Waals surface area contributed by atoms with E-state index in [4.69, 9.17) is 27.9 Å². The summed E-state index contributed by atoms with van der Waals surface area (Å²) in [6, 6.07) is 20.6. The van der Waals surface area contributed by atoms with Crippen LogP contribution in [-0.4, -0.2) is 23.8 Å². The molecule has 1 aromatic heterocycles. The molecular formula is C24H19Cl2N3O2. The zero-order valence-corrected chi connectivity index (χ0v) is 18.2. The minimum absolute atomic E-state index is 0.340. The van der Waals surface area contributed by atoms with Gasteiger partial charge in [-0.05, 0) is 35.9 Å². The van der Waals surface area contributed by atoms with Gasteiger partial charge in [-0.15, -0.1) is 0 Å². The van der Waals surface area contributed by atoms with Gasteiger partial charge in [0.15, 0.2) is 0 Å². The van der Waals surface area contributed by atoms with Crippen LogP contribution in [0.25, 0.3) is 10.9 Å². The molecule has 0 radical (unpaired) electrons. The zero-order valence-electron chi connectivity index (χ0n) is 16.7. The van der Waals surface area contributed by atoms with E-state index in [2.05, 4.69) is 15.1 Å². The first-order valence-electron chi connectivity index (χ1n) is 9.55. The number of para-hydroxylation sites is 2. The molecule has 0 spiro atoms. The van der Waals surface area contributed by atoms with E-state index in [1.54, 1.807) is 30.5 Å². The van der Waals surface area contributed by atoms with Crippen LogP contribution in [0.3, 0.4) is 0 Å². The zero-order chi connectivity index (χ0) is 21.8. The van der Waals surface area contributed by atoms with E-state index in [1.165, 1.54) is 7.11 Å². The molecule has 0 saturated heterocycles. The van der Waals surface area contributed by atoms with Gasteiger partial charge in [0.1, 0.15) is 5.75 Å². The van der Waals surface area contributed by atoms with Crippen molar-refractivity contribution < 1.29 is 9.53 Å². The number of hydrogen-bond donors (Lipinski definition) is 1. The maximum atomic E-state index is 12.5. The number of carbonyl (C=O) groups excluding carboxylic acids is 1. The Morgan fingerprint density at radius 3 is 2.65 bits per heavy atom. The number of ether oxygens (including phenoxy) is 1. The van der Waals surface area contributed by atoms with Crippen molar-refractivity contribution in [2.75, 3.05) is 7.11 Å². The first kappa shape index (κ1) is 21.0. The maximum Gasteiger partial charge on any atom is 0.275 e. The second-order valence-corrected chi connectivity index (χ2v) is 7.69. The van der Waals surface area contributed by atoms with Gasteiger partial charge in [0.25, 0.3) is 5.91 Å². The number of benzene rings is 3. The van der Waals surface area contributed by atoms with Crippen molar-refractivity contribution in [3.8, 4) is 5.75 Å². The summed E-state index contributed by atoms with van der Waals surface area (Å²) < 4.78 is 7.34. The number of rotatable bonds is 6. The molecule has 0 bridgehead atoms. The van der Waals surface area contributed by atoms with Gasteiger partial charge in [0.05, 0.1) is 28.9 Å². The van der Waals surface area contributed by atoms with Crippen LogP contribution >= 0.6 is 23.2 Å². The average Bonchev–Trinajstić information content (AvgIpc) is 3.13. The highest BCUT2D eigenvalue weighted by molar-refractivity contribution is 6.42. The summed E-state index contributed by atoms with van der Waals surface area (Å²) in [4.78, 5) is 12.5. The minimum Gasteiger partial charge on any atom is -0.496 e. The third kappa shape index (κ3) is 4.58. The van der Waals surface area contributed by atoms with Crippen LogP contribution in [0, 0.1) is 0 Å². The lowest BCUT2D eigenvalue weighted by Crippen LogP contribution is -2.18. The predicted molar refractivity (Wildman–Crippen MR) is 126 cm³/mol. The van der Waals surface area contributed by atoms with Gasteiger partial charge >= 0.3 is 0 Å². The quantitative estimate of drug-likeness (QED) is 0.298. The van der Waals surface area contributed by atoms with Gasteiger partial charge in [-0.3, -0.25) is 4.79 Å². The fourth-order valence-corrected chi connectivity index (χ4v) is 3.72. The summed E-state index contributed by atoms with van der Waals surface area (Å²) in [7, 11) is 1.53. The molecule has 0 aliphatic carbocycles. The van der Waals surface area contributed by atoms with E-state index in [1.807, 2.05) is 48.7 Å². The molecule has 3 aromatic carbocycles. The number of carbonyl (C=O) groups is 1. The minimum atomic E-state index is -0.340. The number of nitrogens with zero attached hydrogens (tertiary/aromatic N) is 2. The molecule has 0 unspecified atom stereocenters. The summed E-state index contributed by atoms with van der Waals surface area (Å²) in [5.41, 5.74) is 5.95. The fraction of sp³-hybridized carbons (Fsp3) is 0.0833. The summed E-state index contributed by atoms with van der Waals surface area (Å²) in [5, 5.41) is 6.24. The lowest BCUT2D eigenvalue weighted by molar-refractivity contribution is 0.0952. The molecule has 0 fully saturated rings. The molecule has 31 heavy (non-hydrogen) atoms. The highest BCUT2D eigenvalue weighted by Crippen LogP contribution is 2.25. The number of aromatic nitrogens is 1. The second-order valence-electron chi connectivity index (χ2n) is 6.88. The lowest BCUT2D eigenvalue weighted by atomic mass is 10.2. The number of nitrogens with one attached hydrogen (secondary N) is 1. The molecule has 1 amide bonds. The summed E-state index contributed by atoms with van der Waals surface area (Å²) in [6.07, 6.45) is 3.63. The molecule has 7 heteroatoms. The predicted octanol–water partition coefficient (Wildman–Crippen LogP) is 5.77. The van der Waals surface area contributed by atoms with Crippen molar-refractivity contribution in [1.82, 2.24) is 9.99 Å². The molecule has 0 aliphatic rings. The summed E-state index contributed by atoms with van der Waals surface area (Å²) in [6.45, 7) is 0.624. The third-order valence-electron chi connectivity index (χ3n) is 4.88. The molecule has 0 aliphatic heterocycles. The monoisotopic (exact) mass is 451 g/mol. The Bertz CT molecular complexity index is 1280. The van der Waals surface area contributed by atoms with E-state index in [-0.39, 0.29) is 5.91 Å². The Kier molecular flexibility index (Phi) is 6.26. The van der Waals surface area contributed by atoms with Crippen LogP contribution in [0.2, 0.25) is 10.0 Å². The molecule has 1 heterocycles. The topological polar surface area (TPSA) is 55.6 Å². The van der Waals surface area contributed by atoms with Crippen LogP contribution < -0.4 is 10.2 Å². The van der Waals surface area contributed by atoms with Crippen molar-refractivity contribution in [2.24, 2.45) is 5.10 Å². The Morgan fingerprint density at radius 1 is 1.06 bits per heavy atom. The molecule has 5 nitrogen and oxygen atoms in total. The van der Waals surface area contributed by atoms with Crippen LogP contribution in [0.4, 0.5) is 0 Å². The van der Waals surface area contributed by atoms with Crippen LogP contribution in [0.5, 0.6) is 5.75 Å².